The van der Waals surface area contributed by atoms with Crippen LogP contribution in [-0.2, 0) is 0 Å². The second-order valence-electron chi connectivity index (χ2n) is 6.40. The van der Waals surface area contributed by atoms with Gasteiger partial charge < -0.3 is 5.32 Å². The molecule has 0 amide bonds. The molecule has 4 bridgehead atoms. The molecule has 0 heterocycles. The number of hydrogen-bond acceptors (Lipinski definition) is 2. The Labute approximate surface area is 104 Å². The molecule has 0 aromatic carbocycles. The van der Waals surface area contributed by atoms with Crippen LogP contribution >= 0.6 is 11.8 Å². The van der Waals surface area contributed by atoms with Gasteiger partial charge in [0, 0.05) is 17.0 Å². The summed E-state index contributed by atoms with van der Waals surface area (Å²) in [4.78, 5) is 0. The standard InChI is InChI=1S/C14H25NS/c1-9(8-15-2)16-14-12-4-10-3-11(6-12)7-13(14)5-10/h9-15H,3-8H2,1-2H3. The number of thioether (sulfide) groups is 1. The van der Waals surface area contributed by atoms with Gasteiger partial charge in [-0.05, 0) is 62.8 Å². The van der Waals surface area contributed by atoms with Crippen molar-refractivity contribution in [1.82, 2.24) is 5.32 Å². The van der Waals surface area contributed by atoms with E-state index in [4.69, 9.17) is 0 Å². The highest BCUT2D eigenvalue weighted by Gasteiger charge is 2.48. The second kappa shape index (κ2) is 4.53. The summed E-state index contributed by atoms with van der Waals surface area (Å²) in [6.45, 7) is 3.57. The topological polar surface area (TPSA) is 12.0 Å². The number of hydrogen-bond donors (Lipinski definition) is 1. The molecule has 0 spiro atoms. The van der Waals surface area contributed by atoms with E-state index in [1.165, 1.54) is 6.54 Å². The third kappa shape index (κ3) is 2.03. The first-order valence-electron chi connectivity index (χ1n) is 7.06. The predicted molar refractivity (Wildman–Crippen MR) is 71.8 cm³/mol. The number of rotatable bonds is 4. The zero-order valence-electron chi connectivity index (χ0n) is 10.6. The Kier molecular flexibility index (Phi) is 3.23. The molecule has 1 unspecified atom stereocenters. The van der Waals surface area contributed by atoms with E-state index in [1.807, 2.05) is 0 Å². The van der Waals surface area contributed by atoms with E-state index < -0.39 is 0 Å². The molecule has 4 saturated carbocycles. The van der Waals surface area contributed by atoms with Gasteiger partial charge in [0.15, 0.2) is 0 Å². The van der Waals surface area contributed by atoms with Crippen LogP contribution in [-0.4, -0.2) is 24.1 Å². The fourth-order valence-corrected chi connectivity index (χ4v) is 6.39. The van der Waals surface area contributed by atoms with E-state index in [1.54, 1.807) is 32.1 Å². The molecule has 4 fully saturated rings. The summed E-state index contributed by atoms with van der Waals surface area (Å²) >= 11 is 2.30. The van der Waals surface area contributed by atoms with Crippen LogP contribution in [0.4, 0.5) is 0 Å². The van der Waals surface area contributed by atoms with Gasteiger partial charge in [0.2, 0.25) is 0 Å². The monoisotopic (exact) mass is 239 g/mol. The van der Waals surface area contributed by atoms with Crippen LogP contribution in [0.2, 0.25) is 0 Å². The fraction of sp³-hybridized carbons (Fsp3) is 1.00. The van der Waals surface area contributed by atoms with Crippen LogP contribution < -0.4 is 5.32 Å². The lowest BCUT2D eigenvalue weighted by atomic mass is 9.56. The lowest BCUT2D eigenvalue weighted by molar-refractivity contribution is 0.0266. The van der Waals surface area contributed by atoms with Crippen molar-refractivity contribution < 1.29 is 0 Å². The maximum atomic E-state index is 3.32. The van der Waals surface area contributed by atoms with Crippen molar-refractivity contribution in [3.63, 3.8) is 0 Å². The van der Waals surface area contributed by atoms with Crippen molar-refractivity contribution in [3.8, 4) is 0 Å². The molecule has 1 N–H and O–H groups in total. The first-order valence-corrected chi connectivity index (χ1v) is 8.00. The average molecular weight is 239 g/mol. The van der Waals surface area contributed by atoms with Crippen LogP contribution in [0.5, 0.6) is 0 Å². The highest BCUT2D eigenvalue weighted by molar-refractivity contribution is 8.00. The molecule has 0 aromatic heterocycles. The molecule has 1 atom stereocenters. The Hall–Kier alpha value is 0.310. The van der Waals surface area contributed by atoms with Gasteiger partial charge >= 0.3 is 0 Å². The first-order chi connectivity index (χ1) is 7.76. The summed E-state index contributed by atoms with van der Waals surface area (Å²) in [5, 5.41) is 5.13. The van der Waals surface area contributed by atoms with Crippen LogP contribution in [0.25, 0.3) is 0 Å². The quantitative estimate of drug-likeness (QED) is 0.809. The van der Waals surface area contributed by atoms with Gasteiger partial charge in [-0.2, -0.15) is 11.8 Å². The molecule has 16 heavy (non-hydrogen) atoms. The van der Waals surface area contributed by atoms with Gasteiger partial charge in [-0.25, -0.2) is 0 Å². The van der Waals surface area contributed by atoms with Crippen molar-refractivity contribution in [3.05, 3.63) is 0 Å². The van der Waals surface area contributed by atoms with E-state index in [0.29, 0.717) is 0 Å². The normalized spacial score (nSPS) is 47.2. The number of nitrogens with one attached hydrogen (secondary N) is 1. The molecule has 4 aliphatic carbocycles. The third-order valence-electron chi connectivity index (χ3n) is 5.02. The molecule has 92 valence electrons. The molecular formula is C14H25NS. The Bertz CT molecular complexity index is 225. The van der Waals surface area contributed by atoms with Crippen molar-refractivity contribution in [2.75, 3.05) is 13.6 Å². The molecule has 4 rings (SSSR count). The second-order valence-corrected chi connectivity index (χ2v) is 8.02. The van der Waals surface area contributed by atoms with Gasteiger partial charge in [0.1, 0.15) is 0 Å². The molecular weight excluding hydrogens is 214 g/mol. The van der Waals surface area contributed by atoms with E-state index in [2.05, 4.69) is 31.1 Å². The minimum absolute atomic E-state index is 0.799. The van der Waals surface area contributed by atoms with E-state index in [-0.39, 0.29) is 0 Å². The van der Waals surface area contributed by atoms with Gasteiger partial charge in [-0.3, -0.25) is 0 Å². The Morgan fingerprint density at radius 2 is 1.62 bits per heavy atom. The van der Waals surface area contributed by atoms with E-state index in [0.717, 1.165) is 34.2 Å². The molecule has 0 aliphatic heterocycles. The van der Waals surface area contributed by atoms with Gasteiger partial charge in [-0.1, -0.05) is 6.92 Å². The lowest BCUT2D eigenvalue weighted by Crippen LogP contribution is -2.47. The summed E-state index contributed by atoms with van der Waals surface area (Å²) in [5.74, 6) is 4.42. The van der Waals surface area contributed by atoms with Crippen molar-refractivity contribution in [1.29, 1.82) is 0 Å². The summed E-state index contributed by atoms with van der Waals surface area (Å²) in [5.41, 5.74) is 0. The van der Waals surface area contributed by atoms with Gasteiger partial charge in [0.25, 0.3) is 0 Å². The Balaban J connectivity index is 1.63. The van der Waals surface area contributed by atoms with Crippen LogP contribution in [0.15, 0.2) is 0 Å². The summed E-state index contributed by atoms with van der Waals surface area (Å²) < 4.78 is 0. The minimum Gasteiger partial charge on any atom is -0.319 e. The highest BCUT2D eigenvalue weighted by atomic mass is 32.2. The van der Waals surface area contributed by atoms with Crippen molar-refractivity contribution >= 4 is 11.8 Å². The van der Waals surface area contributed by atoms with Crippen LogP contribution in [0, 0.1) is 23.7 Å². The van der Waals surface area contributed by atoms with Crippen molar-refractivity contribution in [2.45, 2.75) is 49.5 Å². The van der Waals surface area contributed by atoms with Crippen molar-refractivity contribution in [2.24, 2.45) is 23.7 Å². The molecule has 2 heteroatoms. The highest BCUT2D eigenvalue weighted by Crippen LogP contribution is 2.57. The smallest absolute Gasteiger partial charge is 0.0147 e. The first kappa shape index (κ1) is 11.4. The maximum Gasteiger partial charge on any atom is 0.0147 e. The zero-order valence-corrected chi connectivity index (χ0v) is 11.4. The van der Waals surface area contributed by atoms with Gasteiger partial charge in [-0.15, -0.1) is 0 Å². The fourth-order valence-electron chi connectivity index (χ4n) is 4.70. The maximum absolute atomic E-state index is 3.32. The zero-order chi connectivity index (χ0) is 11.1. The molecule has 0 saturated heterocycles. The third-order valence-corrected chi connectivity index (χ3v) is 6.74. The minimum atomic E-state index is 0.799. The molecule has 0 aromatic rings. The van der Waals surface area contributed by atoms with E-state index >= 15 is 0 Å². The summed E-state index contributed by atoms with van der Waals surface area (Å²) in [7, 11) is 2.08. The van der Waals surface area contributed by atoms with Crippen LogP contribution in [0.1, 0.15) is 39.0 Å². The SMILES string of the molecule is CNCC(C)SC1C2CC3CC(C2)CC1C3. The van der Waals surface area contributed by atoms with E-state index in [9.17, 15) is 0 Å². The van der Waals surface area contributed by atoms with Crippen LogP contribution in [0.3, 0.4) is 0 Å². The summed E-state index contributed by atoms with van der Waals surface area (Å²) in [6.07, 6.45) is 7.85. The molecule has 1 nitrogen and oxygen atoms in total. The summed E-state index contributed by atoms with van der Waals surface area (Å²) in [6, 6.07) is 0. The molecule has 0 radical (unpaired) electrons. The lowest BCUT2D eigenvalue weighted by Gasteiger charge is -2.54. The predicted octanol–water partition coefficient (Wildman–Crippen LogP) is 3.15. The Morgan fingerprint density at radius 3 is 2.12 bits per heavy atom. The largest absolute Gasteiger partial charge is 0.319 e. The van der Waals surface area contributed by atoms with Gasteiger partial charge in [0.05, 0.1) is 0 Å². The molecule has 4 aliphatic rings. The Morgan fingerprint density at radius 1 is 1.06 bits per heavy atom. The average Bonchev–Trinajstić information content (AvgIpc) is 2.23.